The lowest BCUT2D eigenvalue weighted by Crippen LogP contribution is -2.30. The van der Waals surface area contributed by atoms with E-state index in [1.54, 1.807) is 13.1 Å². The second kappa shape index (κ2) is 7.13. The number of nitrogens with zero attached hydrogens (tertiary/aromatic N) is 1. The number of hydrogen-bond donors (Lipinski definition) is 0. The van der Waals surface area contributed by atoms with Crippen LogP contribution >= 0.6 is 0 Å². The van der Waals surface area contributed by atoms with Gasteiger partial charge in [0.05, 0.1) is 20.6 Å². The molecule has 0 saturated carbocycles. The van der Waals surface area contributed by atoms with Gasteiger partial charge in [0, 0.05) is 6.21 Å². The van der Waals surface area contributed by atoms with Crippen LogP contribution < -0.4 is 0 Å². The summed E-state index contributed by atoms with van der Waals surface area (Å²) in [5, 5.41) is 0. The fourth-order valence-corrected chi connectivity index (χ4v) is 1.32. The van der Waals surface area contributed by atoms with Crippen LogP contribution in [0.5, 0.6) is 0 Å². The van der Waals surface area contributed by atoms with Gasteiger partial charge in [0.2, 0.25) is 0 Å². The maximum Gasteiger partial charge on any atom is 0.330 e. The Hall–Kier alpha value is -1.39. The summed E-state index contributed by atoms with van der Waals surface area (Å²) in [6.07, 6.45) is 1.85. The van der Waals surface area contributed by atoms with Crippen molar-refractivity contribution in [2.75, 3.05) is 14.2 Å². The monoisotopic (exact) mass is 257 g/mol. The first-order valence-corrected chi connectivity index (χ1v) is 5.90. The van der Waals surface area contributed by atoms with E-state index in [9.17, 15) is 9.59 Å². The van der Waals surface area contributed by atoms with E-state index in [2.05, 4.69) is 9.73 Å². The van der Waals surface area contributed by atoms with Crippen molar-refractivity contribution >= 4 is 18.2 Å². The highest BCUT2D eigenvalue weighted by Crippen LogP contribution is 2.16. The van der Waals surface area contributed by atoms with Crippen molar-refractivity contribution in [2.45, 2.75) is 40.2 Å². The highest BCUT2D eigenvalue weighted by atomic mass is 16.5. The molecule has 0 heterocycles. The van der Waals surface area contributed by atoms with E-state index in [-0.39, 0.29) is 23.7 Å². The summed E-state index contributed by atoms with van der Waals surface area (Å²) in [6.45, 7) is 7.72. The molecule has 0 radical (unpaired) electrons. The highest BCUT2D eigenvalue weighted by Gasteiger charge is 2.27. The number of carbonyl (C=O) groups is 2. The summed E-state index contributed by atoms with van der Waals surface area (Å²) in [4.78, 5) is 27.1. The number of rotatable bonds is 5. The van der Waals surface area contributed by atoms with E-state index in [4.69, 9.17) is 4.74 Å². The second-order valence-corrected chi connectivity index (χ2v) is 5.37. The van der Waals surface area contributed by atoms with Crippen LogP contribution in [0.3, 0.4) is 0 Å². The molecule has 0 aromatic heterocycles. The first kappa shape index (κ1) is 16.6. The maximum atomic E-state index is 11.7. The minimum absolute atomic E-state index is 0.128. The summed E-state index contributed by atoms with van der Waals surface area (Å²) >= 11 is 0. The zero-order valence-corrected chi connectivity index (χ0v) is 12.0. The van der Waals surface area contributed by atoms with Gasteiger partial charge in [-0.2, -0.15) is 0 Å². The summed E-state index contributed by atoms with van der Waals surface area (Å²) in [6, 6.07) is -0.673. The third-order valence-electron chi connectivity index (χ3n) is 2.32. The summed E-state index contributed by atoms with van der Waals surface area (Å²) in [5.41, 5.74) is -0.128. The van der Waals surface area contributed by atoms with Gasteiger partial charge in [-0.1, -0.05) is 27.7 Å². The molecule has 0 aromatic carbocycles. The largest absolute Gasteiger partial charge is 0.469 e. The fraction of sp³-hybridized carbons (Fsp3) is 0.769. The van der Waals surface area contributed by atoms with E-state index in [0.29, 0.717) is 0 Å². The third kappa shape index (κ3) is 6.37. The van der Waals surface area contributed by atoms with Crippen molar-refractivity contribution in [2.24, 2.45) is 16.3 Å². The Labute approximate surface area is 109 Å². The molecule has 18 heavy (non-hydrogen) atoms. The molecule has 0 N–H and O–H groups in total. The van der Waals surface area contributed by atoms with Gasteiger partial charge in [0.15, 0.2) is 0 Å². The smallest absolute Gasteiger partial charge is 0.330 e. The number of aliphatic imine (C=N–C) groups is 1. The average molecular weight is 257 g/mol. The van der Waals surface area contributed by atoms with Crippen LogP contribution in [0.15, 0.2) is 4.99 Å². The van der Waals surface area contributed by atoms with E-state index >= 15 is 0 Å². The van der Waals surface area contributed by atoms with Crippen LogP contribution in [0.25, 0.3) is 0 Å². The Morgan fingerprint density at radius 1 is 1.22 bits per heavy atom. The molecule has 0 rings (SSSR count). The minimum atomic E-state index is -0.673. The Kier molecular flexibility index (Phi) is 6.58. The van der Waals surface area contributed by atoms with Gasteiger partial charge in [0.1, 0.15) is 6.04 Å². The van der Waals surface area contributed by atoms with Crippen molar-refractivity contribution in [1.29, 1.82) is 0 Å². The molecule has 0 aromatic rings. The number of ether oxygens (including phenoxy) is 2. The quantitative estimate of drug-likeness (QED) is 0.557. The average Bonchev–Trinajstić information content (AvgIpc) is 2.26. The number of hydrogen-bond acceptors (Lipinski definition) is 5. The van der Waals surface area contributed by atoms with E-state index < -0.39 is 12.0 Å². The number of methoxy groups -OCH3 is 2. The predicted octanol–water partition coefficient (Wildman–Crippen LogP) is 1.84. The molecule has 0 amide bonds. The normalized spacial score (nSPS) is 15.2. The predicted molar refractivity (Wildman–Crippen MR) is 69.5 cm³/mol. The van der Waals surface area contributed by atoms with Crippen LogP contribution in [-0.2, 0) is 19.1 Å². The van der Waals surface area contributed by atoms with E-state index in [1.165, 1.54) is 14.2 Å². The Morgan fingerprint density at radius 2 is 1.78 bits per heavy atom. The zero-order valence-electron chi connectivity index (χ0n) is 12.0. The standard InChI is InChI=1S/C13H23NO4/c1-9(7-10(15)17-5)11(12(16)18-6)14-8-13(2,3)4/h8-9,11H,7H2,1-6H3. The van der Waals surface area contributed by atoms with Crippen LogP contribution in [0.1, 0.15) is 34.1 Å². The van der Waals surface area contributed by atoms with Crippen LogP contribution in [0, 0.1) is 11.3 Å². The molecule has 104 valence electrons. The molecular formula is C13H23NO4. The van der Waals surface area contributed by atoms with Crippen molar-refractivity contribution in [1.82, 2.24) is 0 Å². The van der Waals surface area contributed by atoms with Crippen molar-refractivity contribution in [3.8, 4) is 0 Å². The second-order valence-electron chi connectivity index (χ2n) is 5.37. The van der Waals surface area contributed by atoms with Gasteiger partial charge in [-0.25, -0.2) is 4.79 Å². The topological polar surface area (TPSA) is 65.0 Å². The molecule has 5 heteroatoms. The highest BCUT2D eigenvalue weighted by molar-refractivity contribution is 5.80. The van der Waals surface area contributed by atoms with E-state index in [0.717, 1.165) is 0 Å². The molecule has 0 fully saturated rings. The fourth-order valence-electron chi connectivity index (χ4n) is 1.32. The number of carbonyl (C=O) groups excluding carboxylic acids is 2. The lowest BCUT2D eigenvalue weighted by atomic mass is 9.96. The lowest BCUT2D eigenvalue weighted by molar-refractivity contribution is -0.145. The van der Waals surface area contributed by atoms with E-state index in [1.807, 2.05) is 20.8 Å². The molecular weight excluding hydrogens is 234 g/mol. The maximum absolute atomic E-state index is 11.7. The first-order valence-electron chi connectivity index (χ1n) is 5.90. The van der Waals surface area contributed by atoms with Gasteiger partial charge in [-0.05, 0) is 11.3 Å². The number of esters is 2. The Bertz CT molecular complexity index is 317. The molecule has 0 saturated heterocycles. The molecule has 0 aliphatic heterocycles. The van der Waals surface area contributed by atoms with Gasteiger partial charge in [0.25, 0.3) is 0 Å². The molecule has 0 bridgehead atoms. The molecule has 0 aliphatic rings. The molecule has 0 aliphatic carbocycles. The summed E-state index contributed by atoms with van der Waals surface area (Å²) in [5.74, 6) is -1.06. The van der Waals surface area contributed by atoms with Crippen LogP contribution in [0.4, 0.5) is 0 Å². The summed E-state index contributed by atoms with van der Waals surface area (Å²) in [7, 11) is 2.63. The summed E-state index contributed by atoms with van der Waals surface area (Å²) < 4.78 is 9.30. The van der Waals surface area contributed by atoms with Gasteiger partial charge < -0.3 is 9.47 Å². The third-order valence-corrected chi connectivity index (χ3v) is 2.32. The van der Waals surface area contributed by atoms with Gasteiger partial charge in [-0.15, -0.1) is 0 Å². The molecule has 2 atom stereocenters. The van der Waals surface area contributed by atoms with Crippen molar-refractivity contribution in [3.05, 3.63) is 0 Å². The first-order chi connectivity index (χ1) is 8.21. The van der Waals surface area contributed by atoms with Gasteiger partial charge in [-0.3, -0.25) is 9.79 Å². The van der Waals surface area contributed by atoms with Crippen LogP contribution in [-0.4, -0.2) is 38.4 Å². The molecule has 2 unspecified atom stereocenters. The minimum Gasteiger partial charge on any atom is -0.469 e. The van der Waals surface area contributed by atoms with Gasteiger partial charge >= 0.3 is 11.9 Å². The van der Waals surface area contributed by atoms with Crippen molar-refractivity contribution < 1.29 is 19.1 Å². The SMILES string of the molecule is COC(=O)CC(C)C(N=CC(C)(C)C)C(=O)OC. The Balaban J connectivity index is 4.84. The Morgan fingerprint density at radius 3 is 2.17 bits per heavy atom. The zero-order chi connectivity index (χ0) is 14.3. The molecule has 0 spiro atoms. The lowest BCUT2D eigenvalue weighted by Gasteiger charge is -2.19. The van der Waals surface area contributed by atoms with Crippen molar-refractivity contribution in [3.63, 3.8) is 0 Å². The van der Waals surface area contributed by atoms with Crippen LogP contribution in [0.2, 0.25) is 0 Å². The molecule has 5 nitrogen and oxygen atoms in total.